The molecule has 0 amide bonds. The summed E-state index contributed by atoms with van der Waals surface area (Å²) in [6.07, 6.45) is 3.93. The van der Waals surface area contributed by atoms with Crippen molar-refractivity contribution in [1.29, 1.82) is 0 Å². The van der Waals surface area contributed by atoms with Crippen LogP contribution in [0.15, 0.2) is 6.20 Å². The molecule has 1 rings (SSSR count). The van der Waals surface area contributed by atoms with Gasteiger partial charge in [0, 0.05) is 12.7 Å². The Morgan fingerprint density at radius 3 is 2.67 bits per heavy atom. The molecule has 0 N–H and O–H groups in total. The van der Waals surface area contributed by atoms with Crippen LogP contribution in [-0.2, 0) is 6.54 Å². The van der Waals surface area contributed by atoms with Crippen LogP contribution in [0.4, 0.5) is 0 Å². The second-order valence-electron chi connectivity index (χ2n) is 5.09. The smallest absolute Gasteiger partial charge is 0.100 e. The molecule has 0 aliphatic heterocycles. The summed E-state index contributed by atoms with van der Waals surface area (Å²) in [6.45, 7) is 9.62. The maximum atomic E-state index is 6.08. The van der Waals surface area contributed by atoms with E-state index in [2.05, 4.69) is 31.1 Å². The van der Waals surface area contributed by atoms with Crippen molar-refractivity contribution in [1.82, 2.24) is 15.0 Å². The predicted molar refractivity (Wildman–Crippen MR) is 63.0 cm³/mol. The molecule has 4 heteroatoms. The third-order valence-corrected chi connectivity index (χ3v) is 2.86. The van der Waals surface area contributed by atoms with Crippen LogP contribution in [0.1, 0.15) is 51.6 Å². The predicted octanol–water partition coefficient (Wildman–Crippen LogP) is 3.40. The van der Waals surface area contributed by atoms with Gasteiger partial charge in [-0.05, 0) is 18.3 Å². The standard InChI is InChI=1S/C11H20ClN3/c1-5-9(12)10-8-15(14-13-10)7-6-11(2,3)4/h8-9H,5-7H2,1-4H3. The van der Waals surface area contributed by atoms with E-state index in [9.17, 15) is 0 Å². The van der Waals surface area contributed by atoms with Gasteiger partial charge in [0.2, 0.25) is 0 Å². The highest BCUT2D eigenvalue weighted by Crippen LogP contribution is 2.22. The van der Waals surface area contributed by atoms with Crippen LogP contribution >= 0.6 is 11.6 Å². The lowest BCUT2D eigenvalue weighted by Crippen LogP contribution is -2.10. The summed E-state index contributed by atoms with van der Waals surface area (Å²) in [7, 11) is 0. The summed E-state index contributed by atoms with van der Waals surface area (Å²) in [5, 5.41) is 8.13. The number of aryl methyl sites for hydroxylation is 1. The first-order valence-electron chi connectivity index (χ1n) is 5.46. The van der Waals surface area contributed by atoms with Crippen molar-refractivity contribution in [2.75, 3.05) is 0 Å². The highest BCUT2D eigenvalue weighted by Gasteiger charge is 2.13. The summed E-state index contributed by atoms with van der Waals surface area (Å²) >= 11 is 6.08. The molecule has 1 aromatic heterocycles. The molecule has 1 heterocycles. The van der Waals surface area contributed by atoms with Gasteiger partial charge in [-0.25, -0.2) is 0 Å². The van der Waals surface area contributed by atoms with E-state index in [0.717, 1.165) is 25.1 Å². The van der Waals surface area contributed by atoms with Crippen LogP contribution in [-0.4, -0.2) is 15.0 Å². The fraction of sp³-hybridized carbons (Fsp3) is 0.818. The van der Waals surface area contributed by atoms with Crippen molar-refractivity contribution >= 4 is 11.6 Å². The number of halogens is 1. The fourth-order valence-corrected chi connectivity index (χ4v) is 1.33. The maximum absolute atomic E-state index is 6.08. The van der Waals surface area contributed by atoms with Gasteiger partial charge in [0.05, 0.1) is 5.38 Å². The van der Waals surface area contributed by atoms with Crippen molar-refractivity contribution in [2.24, 2.45) is 5.41 Å². The monoisotopic (exact) mass is 229 g/mol. The molecule has 0 fully saturated rings. The second kappa shape index (κ2) is 4.97. The molecule has 1 atom stereocenters. The Morgan fingerprint density at radius 2 is 2.13 bits per heavy atom. The average Bonchev–Trinajstić information content (AvgIpc) is 2.61. The highest BCUT2D eigenvalue weighted by atomic mass is 35.5. The lowest BCUT2D eigenvalue weighted by molar-refractivity contribution is 0.339. The van der Waals surface area contributed by atoms with Crippen molar-refractivity contribution in [3.8, 4) is 0 Å². The summed E-state index contributed by atoms with van der Waals surface area (Å²) in [5.41, 5.74) is 1.21. The molecule has 0 radical (unpaired) electrons. The molecule has 15 heavy (non-hydrogen) atoms. The molecular formula is C11H20ClN3. The second-order valence-corrected chi connectivity index (χ2v) is 5.62. The van der Waals surface area contributed by atoms with Crippen LogP contribution in [0.2, 0.25) is 0 Å². The number of rotatable bonds is 4. The number of hydrogen-bond donors (Lipinski definition) is 0. The zero-order valence-corrected chi connectivity index (χ0v) is 10.8. The fourth-order valence-electron chi connectivity index (χ4n) is 1.23. The number of aromatic nitrogens is 3. The third kappa shape index (κ3) is 4.20. The Bertz CT molecular complexity index is 301. The molecule has 0 bridgehead atoms. The average molecular weight is 230 g/mol. The largest absolute Gasteiger partial charge is 0.252 e. The minimum Gasteiger partial charge on any atom is -0.252 e. The molecule has 1 aromatic rings. The van der Waals surface area contributed by atoms with Gasteiger partial charge in [-0.15, -0.1) is 16.7 Å². The van der Waals surface area contributed by atoms with E-state index < -0.39 is 0 Å². The topological polar surface area (TPSA) is 30.7 Å². The van der Waals surface area contributed by atoms with Crippen molar-refractivity contribution in [3.63, 3.8) is 0 Å². The van der Waals surface area contributed by atoms with E-state index >= 15 is 0 Å². The molecule has 86 valence electrons. The van der Waals surface area contributed by atoms with Crippen LogP contribution < -0.4 is 0 Å². The Kier molecular flexibility index (Phi) is 4.14. The number of hydrogen-bond acceptors (Lipinski definition) is 2. The third-order valence-electron chi connectivity index (χ3n) is 2.33. The van der Waals surface area contributed by atoms with Gasteiger partial charge in [-0.3, -0.25) is 4.68 Å². The van der Waals surface area contributed by atoms with E-state index in [0.29, 0.717) is 5.41 Å². The summed E-state index contributed by atoms with van der Waals surface area (Å²) in [4.78, 5) is 0. The molecule has 3 nitrogen and oxygen atoms in total. The minimum atomic E-state index is -0.00612. The molecule has 0 aliphatic carbocycles. The first-order chi connectivity index (χ1) is 6.92. The maximum Gasteiger partial charge on any atom is 0.100 e. The first kappa shape index (κ1) is 12.5. The Labute approximate surface area is 96.8 Å². The lowest BCUT2D eigenvalue weighted by Gasteiger charge is -2.17. The summed E-state index contributed by atoms with van der Waals surface area (Å²) in [5.74, 6) is 0. The Hall–Kier alpha value is -0.570. The van der Waals surface area contributed by atoms with Gasteiger partial charge in [0.1, 0.15) is 5.69 Å². The van der Waals surface area contributed by atoms with Crippen LogP contribution in [0.25, 0.3) is 0 Å². The first-order valence-corrected chi connectivity index (χ1v) is 5.90. The van der Waals surface area contributed by atoms with Gasteiger partial charge in [0.25, 0.3) is 0 Å². The quantitative estimate of drug-likeness (QED) is 0.741. The lowest BCUT2D eigenvalue weighted by atomic mass is 9.92. The van der Waals surface area contributed by atoms with Crippen LogP contribution in [0.3, 0.4) is 0 Å². The van der Waals surface area contributed by atoms with Gasteiger partial charge >= 0.3 is 0 Å². The summed E-state index contributed by atoms with van der Waals surface area (Å²) < 4.78 is 1.88. The van der Waals surface area contributed by atoms with Crippen molar-refractivity contribution in [2.45, 2.75) is 52.5 Å². The van der Waals surface area contributed by atoms with E-state index in [1.54, 1.807) is 0 Å². The highest BCUT2D eigenvalue weighted by molar-refractivity contribution is 6.20. The molecule has 0 aromatic carbocycles. The zero-order chi connectivity index (χ0) is 11.5. The van der Waals surface area contributed by atoms with E-state index in [1.807, 2.05) is 17.8 Å². The molecule has 1 unspecified atom stereocenters. The van der Waals surface area contributed by atoms with E-state index in [4.69, 9.17) is 11.6 Å². The van der Waals surface area contributed by atoms with E-state index in [-0.39, 0.29) is 5.38 Å². The molecule has 0 aliphatic rings. The summed E-state index contributed by atoms with van der Waals surface area (Å²) in [6, 6.07) is 0. The van der Waals surface area contributed by atoms with Gasteiger partial charge in [-0.1, -0.05) is 32.9 Å². The van der Waals surface area contributed by atoms with Crippen LogP contribution in [0, 0.1) is 5.41 Å². The molecule has 0 spiro atoms. The Balaban J connectivity index is 2.53. The Morgan fingerprint density at radius 1 is 1.47 bits per heavy atom. The molecule has 0 saturated heterocycles. The van der Waals surface area contributed by atoms with Gasteiger partial charge < -0.3 is 0 Å². The van der Waals surface area contributed by atoms with Gasteiger partial charge in [0.15, 0.2) is 0 Å². The zero-order valence-electron chi connectivity index (χ0n) is 10.00. The van der Waals surface area contributed by atoms with Gasteiger partial charge in [-0.2, -0.15) is 0 Å². The van der Waals surface area contributed by atoms with Crippen LogP contribution in [0.5, 0.6) is 0 Å². The van der Waals surface area contributed by atoms with E-state index in [1.165, 1.54) is 0 Å². The number of alkyl halides is 1. The normalized spacial score (nSPS) is 14.2. The number of nitrogens with zero attached hydrogens (tertiary/aromatic N) is 3. The van der Waals surface area contributed by atoms with Crippen molar-refractivity contribution in [3.05, 3.63) is 11.9 Å². The minimum absolute atomic E-state index is 0.00612. The molecule has 0 saturated carbocycles. The molecular weight excluding hydrogens is 210 g/mol. The van der Waals surface area contributed by atoms with Crippen molar-refractivity contribution < 1.29 is 0 Å². The SMILES string of the molecule is CCC(Cl)c1cn(CCC(C)(C)C)nn1.